The van der Waals surface area contributed by atoms with Gasteiger partial charge in [-0.15, -0.1) is 0 Å². The van der Waals surface area contributed by atoms with Crippen LogP contribution in [0, 0.1) is 5.92 Å². The van der Waals surface area contributed by atoms with Gasteiger partial charge in [-0.1, -0.05) is 19.0 Å². The highest BCUT2D eigenvalue weighted by Gasteiger charge is 2.32. The number of amidine groups is 1. The molecule has 104 valence electrons. The maximum Gasteiger partial charge on any atom is 0.233 e. The van der Waals surface area contributed by atoms with Crippen LogP contribution >= 0.6 is 0 Å². The van der Waals surface area contributed by atoms with E-state index >= 15 is 0 Å². The maximum atomic E-state index is 12.1. The number of rotatable bonds is 5. The first-order valence-corrected chi connectivity index (χ1v) is 6.55. The lowest BCUT2D eigenvalue weighted by molar-refractivity contribution is -0.132. The van der Waals surface area contributed by atoms with Gasteiger partial charge in [0.1, 0.15) is 0 Å². The van der Waals surface area contributed by atoms with Gasteiger partial charge in [-0.3, -0.25) is 9.69 Å². The molecule has 1 saturated heterocycles. The highest BCUT2D eigenvalue weighted by Crippen LogP contribution is 2.17. The molecule has 2 unspecified atom stereocenters. The van der Waals surface area contributed by atoms with Gasteiger partial charge in [0.05, 0.1) is 5.92 Å². The van der Waals surface area contributed by atoms with Gasteiger partial charge in [0.2, 0.25) is 5.91 Å². The molecular weight excluding hydrogens is 232 g/mol. The lowest BCUT2D eigenvalue weighted by Gasteiger charge is -2.26. The Hall–Kier alpha value is -1.30. The van der Waals surface area contributed by atoms with Crippen LogP contribution in [-0.4, -0.2) is 59.0 Å². The number of carbonyl (C=O) groups excluding carboxylic acids is 1. The van der Waals surface area contributed by atoms with Crippen molar-refractivity contribution < 1.29 is 10.0 Å². The molecule has 0 saturated carbocycles. The maximum absolute atomic E-state index is 12.1. The molecular formula is C12H24N4O2. The van der Waals surface area contributed by atoms with Crippen LogP contribution in [0.15, 0.2) is 5.16 Å². The summed E-state index contributed by atoms with van der Waals surface area (Å²) in [6.07, 6.45) is 0.996. The van der Waals surface area contributed by atoms with E-state index in [0.717, 1.165) is 32.6 Å². The number of hydrogen-bond donors (Lipinski definition) is 2. The summed E-state index contributed by atoms with van der Waals surface area (Å²) in [4.78, 5) is 16.3. The smallest absolute Gasteiger partial charge is 0.233 e. The topological polar surface area (TPSA) is 82.2 Å². The molecule has 1 amide bonds. The van der Waals surface area contributed by atoms with Crippen LogP contribution in [0.4, 0.5) is 0 Å². The van der Waals surface area contributed by atoms with Crippen molar-refractivity contribution in [2.45, 2.75) is 33.2 Å². The summed E-state index contributed by atoms with van der Waals surface area (Å²) < 4.78 is 0. The molecule has 1 heterocycles. The molecule has 0 bridgehead atoms. The molecule has 6 nitrogen and oxygen atoms in total. The molecule has 1 fully saturated rings. The van der Waals surface area contributed by atoms with Gasteiger partial charge in [0, 0.05) is 19.1 Å². The van der Waals surface area contributed by atoms with Crippen molar-refractivity contribution in [2.75, 3.05) is 26.2 Å². The number of carbonyl (C=O) groups is 1. The van der Waals surface area contributed by atoms with Crippen LogP contribution in [0.1, 0.15) is 27.2 Å². The van der Waals surface area contributed by atoms with E-state index in [1.54, 1.807) is 6.92 Å². The van der Waals surface area contributed by atoms with E-state index in [1.165, 1.54) is 0 Å². The number of nitrogens with two attached hydrogens (primary N) is 1. The fourth-order valence-electron chi connectivity index (χ4n) is 2.47. The Labute approximate surface area is 108 Å². The Morgan fingerprint density at radius 3 is 2.67 bits per heavy atom. The molecule has 18 heavy (non-hydrogen) atoms. The number of hydrogen-bond acceptors (Lipinski definition) is 4. The third-order valence-corrected chi connectivity index (χ3v) is 3.73. The summed E-state index contributed by atoms with van der Waals surface area (Å²) in [5.41, 5.74) is 5.47. The summed E-state index contributed by atoms with van der Waals surface area (Å²) in [5.74, 6) is -0.628. The molecule has 0 spiro atoms. The molecule has 0 aromatic carbocycles. The van der Waals surface area contributed by atoms with E-state index in [9.17, 15) is 4.79 Å². The Morgan fingerprint density at radius 1 is 1.56 bits per heavy atom. The standard InChI is InChI=1S/C12H24N4O2/c1-4-15(5-2)10-6-7-16(8-10)12(17)9(3)11(13)14-18/h9-10,18H,4-8H2,1-3H3,(H2,13,14). The summed E-state index contributed by atoms with van der Waals surface area (Å²) in [6.45, 7) is 9.42. The first kappa shape index (κ1) is 14.8. The van der Waals surface area contributed by atoms with Gasteiger partial charge in [0.25, 0.3) is 0 Å². The van der Waals surface area contributed by atoms with Crippen molar-refractivity contribution >= 4 is 11.7 Å². The minimum Gasteiger partial charge on any atom is -0.409 e. The third kappa shape index (κ3) is 3.13. The monoisotopic (exact) mass is 256 g/mol. The second kappa shape index (κ2) is 6.58. The van der Waals surface area contributed by atoms with Gasteiger partial charge in [-0.2, -0.15) is 0 Å². The van der Waals surface area contributed by atoms with Gasteiger partial charge >= 0.3 is 0 Å². The fraction of sp³-hybridized carbons (Fsp3) is 0.833. The second-order valence-corrected chi connectivity index (χ2v) is 4.69. The molecule has 1 rings (SSSR count). The van der Waals surface area contributed by atoms with Crippen LogP contribution in [0.3, 0.4) is 0 Å². The molecule has 1 aliphatic heterocycles. The number of oxime groups is 1. The van der Waals surface area contributed by atoms with Gasteiger partial charge in [0.15, 0.2) is 5.84 Å². The first-order chi connectivity index (χ1) is 8.54. The molecule has 1 aliphatic rings. The quantitative estimate of drug-likeness (QED) is 0.321. The van der Waals surface area contributed by atoms with E-state index in [4.69, 9.17) is 10.9 Å². The molecule has 3 N–H and O–H groups in total. The van der Waals surface area contributed by atoms with Gasteiger partial charge in [-0.25, -0.2) is 0 Å². The lowest BCUT2D eigenvalue weighted by atomic mass is 10.1. The normalized spacial score (nSPS) is 22.6. The first-order valence-electron chi connectivity index (χ1n) is 6.55. The lowest BCUT2D eigenvalue weighted by Crippen LogP contribution is -2.42. The zero-order chi connectivity index (χ0) is 13.7. The molecule has 0 aliphatic carbocycles. The Morgan fingerprint density at radius 2 is 2.17 bits per heavy atom. The molecule has 6 heteroatoms. The van der Waals surface area contributed by atoms with Crippen LogP contribution in [0.25, 0.3) is 0 Å². The van der Waals surface area contributed by atoms with Crippen molar-refractivity contribution in [2.24, 2.45) is 16.8 Å². The minimum atomic E-state index is -0.551. The summed E-state index contributed by atoms with van der Waals surface area (Å²) in [5, 5.41) is 11.5. The number of likely N-dealkylation sites (N-methyl/N-ethyl adjacent to an activating group) is 1. The Bertz CT molecular complexity index is 315. The van der Waals surface area contributed by atoms with E-state index in [-0.39, 0.29) is 11.7 Å². The fourth-order valence-corrected chi connectivity index (χ4v) is 2.47. The average Bonchev–Trinajstić information content (AvgIpc) is 2.87. The summed E-state index contributed by atoms with van der Waals surface area (Å²) >= 11 is 0. The molecule has 2 atom stereocenters. The molecule has 0 aromatic rings. The average molecular weight is 256 g/mol. The summed E-state index contributed by atoms with van der Waals surface area (Å²) in [7, 11) is 0. The Kier molecular flexibility index (Phi) is 5.40. The molecule has 0 aromatic heterocycles. The SMILES string of the molecule is CCN(CC)C1CCN(C(=O)C(C)C(N)=NO)C1. The minimum absolute atomic E-state index is 0.0220. The van der Waals surface area contributed by atoms with Crippen LogP contribution in [-0.2, 0) is 4.79 Å². The van der Waals surface area contributed by atoms with Crippen molar-refractivity contribution in [1.82, 2.24) is 9.80 Å². The van der Waals surface area contributed by atoms with E-state index in [2.05, 4.69) is 23.9 Å². The van der Waals surface area contributed by atoms with E-state index < -0.39 is 5.92 Å². The van der Waals surface area contributed by atoms with Crippen molar-refractivity contribution in [3.8, 4) is 0 Å². The van der Waals surface area contributed by atoms with Crippen molar-refractivity contribution in [1.29, 1.82) is 0 Å². The zero-order valence-electron chi connectivity index (χ0n) is 11.5. The predicted octanol–water partition coefficient (Wildman–Crippen LogP) is 0.312. The van der Waals surface area contributed by atoms with E-state index in [1.807, 2.05) is 4.90 Å². The van der Waals surface area contributed by atoms with Crippen LogP contribution in [0.5, 0.6) is 0 Å². The Balaban J connectivity index is 2.59. The number of amides is 1. The van der Waals surface area contributed by atoms with Crippen LogP contribution < -0.4 is 5.73 Å². The predicted molar refractivity (Wildman–Crippen MR) is 70.5 cm³/mol. The third-order valence-electron chi connectivity index (χ3n) is 3.73. The van der Waals surface area contributed by atoms with Crippen molar-refractivity contribution in [3.05, 3.63) is 0 Å². The van der Waals surface area contributed by atoms with E-state index in [0.29, 0.717) is 6.04 Å². The van der Waals surface area contributed by atoms with Gasteiger partial charge in [-0.05, 0) is 26.4 Å². The summed E-state index contributed by atoms with van der Waals surface area (Å²) in [6, 6.07) is 0.434. The second-order valence-electron chi connectivity index (χ2n) is 4.69. The molecule has 0 radical (unpaired) electrons. The largest absolute Gasteiger partial charge is 0.409 e. The highest BCUT2D eigenvalue weighted by molar-refractivity contribution is 6.01. The van der Waals surface area contributed by atoms with Gasteiger partial charge < -0.3 is 15.8 Å². The van der Waals surface area contributed by atoms with Crippen molar-refractivity contribution in [3.63, 3.8) is 0 Å². The highest BCUT2D eigenvalue weighted by atomic mass is 16.4. The van der Waals surface area contributed by atoms with Crippen LogP contribution in [0.2, 0.25) is 0 Å². The number of nitrogens with zero attached hydrogens (tertiary/aromatic N) is 3. The number of likely N-dealkylation sites (tertiary alicyclic amines) is 1. The zero-order valence-corrected chi connectivity index (χ0v) is 11.5.